The van der Waals surface area contributed by atoms with Crippen molar-refractivity contribution in [2.24, 2.45) is 0 Å². The highest BCUT2D eigenvalue weighted by Crippen LogP contribution is 2.14. The molecule has 0 unspecified atom stereocenters. The number of hydrogen-bond acceptors (Lipinski definition) is 3. The van der Waals surface area contributed by atoms with E-state index in [9.17, 15) is 4.79 Å². The van der Waals surface area contributed by atoms with Crippen LogP contribution >= 0.6 is 11.3 Å². The lowest BCUT2D eigenvalue weighted by atomic mass is 10.2. The van der Waals surface area contributed by atoms with Gasteiger partial charge in [0.2, 0.25) is 5.91 Å². The molecule has 90 valence electrons. The predicted molar refractivity (Wildman–Crippen MR) is 67.7 cm³/mol. The van der Waals surface area contributed by atoms with Crippen LogP contribution in [0.1, 0.15) is 37.3 Å². The van der Waals surface area contributed by atoms with E-state index in [4.69, 9.17) is 0 Å². The number of hydrogen-bond donors (Lipinski definition) is 0. The molecule has 0 aliphatic rings. The van der Waals surface area contributed by atoms with E-state index in [0.29, 0.717) is 6.42 Å². The number of amides is 1. The number of thiazole rings is 1. The summed E-state index contributed by atoms with van der Waals surface area (Å²) in [4.78, 5) is 19.3. The van der Waals surface area contributed by atoms with Crippen LogP contribution in [0.2, 0.25) is 0 Å². The molecule has 1 amide bonds. The standard InChI is InChI=1S/C12H20N2OS/c1-4-6-14(7-5-2)12(15)8-11-10(3)13-9-16-11/h9H,4-8H2,1-3H3. The number of aromatic nitrogens is 1. The molecule has 1 heterocycles. The van der Waals surface area contributed by atoms with E-state index < -0.39 is 0 Å². The van der Waals surface area contributed by atoms with Crippen LogP contribution in [0.3, 0.4) is 0 Å². The second kappa shape index (κ2) is 6.63. The number of rotatable bonds is 6. The van der Waals surface area contributed by atoms with Gasteiger partial charge < -0.3 is 4.90 Å². The minimum Gasteiger partial charge on any atom is -0.342 e. The van der Waals surface area contributed by atoms with Crippen molar-refractivity contribution in [2.75, 3.05) is 13.1 Å². The van der Waals surface area contributed by atoms with Crippen LogP contribution in [-0.2, 0) is 11.2 Å². The SMILES string of the molecule is CCCN(CCC)C(=O)Cc1scnc1C. The van der Waals surface area contributed by atoms with Crippen LogP contribution in [0.25, 0.3) is 0 Å². The molecule has 1 aromatic heterocycles. The molecule has 3 nitrogen and oxygen atoms in total. The van der Waals surface area contributed by atoms with Gasteiger partial charge in [0.25, 0.3) is 0 Å². The first-order valence-electron chi connectivity index (χ1n) is 5.85. The van der Waals surface area contributed by atoms with Gasteiger partial charge in [0.15, 0.2) is 0 Å². The Morgan fingerprint density at radius 2 is 2.00 bits per heavy atom. The summed E-state index contributed by atoms with van der Waals surface area (Å²) in [6.45, 7) is 7.90. The van der Waals surface area contributed by atoms with Gasteiger partial charge in [-0.3, -0.25) is 4.79 Å². The zero-order valence-corrected chi connectivity index (χ0v) is 11.1. The Morgan fingerprint density at radius 3 is 2.44 bits per heavy atom. The lowest BCUT2D eigenvalue weighted by molar-refractivity contribution is -0.130. The number of aryl methyl sites for hydroxylation is 1. The van der Waals surface area contributed by atoms with E-state index in [1.165, 1.54) is 0 Å². The highest BCUT2D eigenvalue weighted by molar-refractivity contribution is 7.09. The Bertz CT molecular complexity index is 330. The summed E-state index contributed by atoms with van der Waals surface area (Å²) in [5.41, 5.74) is 2.80. The lowest BCUT2D eigenvalue weighted by Gasteiger charge is -2.21. The fraction of sp³-hybridized carbons (Fsp3) is 0.667. The minimum absolute atomic E-state index is 0.232. The van der Waals surface area contributed by atoms with Crippen molar-refractivity contribution in [3.63, 3.8) is 0 Å². The van der Waals surface area contributed by atoms with Gasteiger partial charge in [-0.1, -0.05) is 13.8 Å². The first-order valence-corrected chi connectivity index (χ1v) is 6.73. The van der Waals surface area contributed by atoms with Crippen molar-refractivity contribution in [3.05, 3.63) is 16.1 Å². The summed E-state index contributed by atoms with van der Waals surface area (Å²) in [6, 6.07) is 0. The molecule has 0 fully saturated rings. The van der Waals surface area contributed by atoms with Crippen LogP contribution in [-0.4, -0.2) is 28.9 Å². The minimum atomic E-state index is 0.232. The van der Waals surface area contributed by atoms with Gasteiger partial charge in [-0.2, -0.15) is 0 Å². The first-order chi connectivity index (χ1) is 7.69. The Kier molecular flexibility index (Phi) is 5.46. The van der Waals surface area contributed by atoms with Gasteiger partial charge in [-0.15, -0.1) is 11.3 Å². The molecule has 0 saturated carbocycles. The number of carbonyl (C=O) groups is 1. The number of carbonyl (C=O) groups excluding carboxylic acids is 1. The molecule has 0 aliphatic carbocycles. The molecule has 0 spiro atoms. The largest absolute Gasteiger partial charge is 0.342 e. The summed E-state index contributed by atoms with van der Waals surface area (Å²) in [5, 5.41) is 0. The summed E-state index contributed by atoms with van der Waals surface area (Å²) in [6.07, 6.45) is 2.55. The van der Waals surface area contributed by atoms with Gasteiger partial charge in [0.1, 0.15) is 0 Å². The van der Waals surface area contributed by atoms with E-state index in [1.807, 2.05) is 17.3 Å². The molecular weight excluding hydrogens is 220 g/mol. The molecule has 1 aromatic rings. The van der Waals surface area contributed by atoms with Crippen LogP contribution in [0.15, 0.2) is 5.51 Å². The zero-order chi connectivity index (χ0) is 12.0. The molecule has 0 saturated heterocycles. The monoisotopic (exact) mass is 240 g/mol. The molecule has 0 aliphatic heterocycles. The average molecular weight is 240 g/mol. The quantitative estimate of drug-likeness (QED) is 0.766. The first kappa shape index (κ1) is 13.2. The predicted octanol–water partition coefficient (Wildman–Crippen LogP) is 2.64. The van der Waals surface area contributed by atoms with E-state index >= 15 is 0 Å². The van der Waals surface area contributed by atoms with E-state index in [2.05, 4.69) is 18.8 Å². The summed E-state index contributed by atoms with van der Waals surface area (Å²) < 4.78 is 0. The van der Waals surface area contributed by atoms with Crippen molar-refractivity contribution >= 4 is 17.2 Å². The fourth-order valence-corrected chi connectivity index (χ4v) is 2.41. The maximum absolute atomic E-state index is 12.0. The third-order valence-electron chi connectivity index (χ3n) is 2.50. The van der Waals surface area contributed by atoms with E-state index in [-0.39, 0.29) is 5.91 Å². The topological polar surface area (TPSA) is 33.2 Å². The average Bonchev–Trinajstić information content (AvgIpc) is 2.64. The Morgan fingerprint density at radius 1 is 1.38 bits per heavy atom. The Hall–Kier alpha value is -0.900. The molecule has 4 heteroatoms. The maximum atomic E-state index is 12.0. The lowest BCUT2D eigenvalue weighted by Crippen LogP contribution is -2.33. The second-order valence-corrected chi connectivity index (χ2v) is 4.86. The van der Waals surface area contributed by atoms with Crippen LogP contribution in [0, 0.1) is 6.92 Å². The summed E-state index contributed by atoms with van der Waals surface area (Å²) in [7, 11) is 0. The van der Waals surface area contributed by atoms with Gasteiger partial charge >= 0.3 is 0 Å². The molecule has 0 aromatic carbocycles. The normalized spacial score (nSPS) is 10.4. The van der Waals surface area contributed by atoms with Crippen LogP contribution < -0.4 is 0 Å². The Balaban J connectivity index is 2.58. The van der Waals surface area contributed by atoms with Gasteiger partial charge in [-0.25, -0.2) is 4.98 Å². The summed E-state index contributed by atoms with van der Waals surface area (Å²) in [5.74, 6) is 0.232. The smallest absolute Gasteiger partial charge is 0.227 e. The van der Waals surface area contributed by atoms with Crippen molar-refractivity contribution in [3.8, 4) is 0 Å². The highest BCUT2D eigenvalue weighted by atomic mass is 32.1. The number of nitrogens with zero attached hydrogens (tertiary/aromatic N) is 2. The van der Waals surface area contributed by atoms with E-state index in [1.54, 1.807) is 11.3 Å². The van der Waals surface area contributed by atoms with Crippen molar-refractivity contribution in [1.82, 2.24) is 9.88 Å². The molecular formula is C12H20N2OS. The van der Waals surface area contributed by atoms with Crippen LogP contribution in [0.5, 0.6) is 0 Å². The second-order valence-electron chi connectivity index (χ2n) is 3.92. The van der Waals surface area contributed by atoms with E-state index in [0.717, 1.165) is 36.5 Å². The molecule has 16 heavy (non-hydrogen) atoms. The molecule has 0 bridgehead atoms. The van der Waals surface area contributed by atoms with Crippen molar-refractivity contribution < 1.29 is 4.79 Å². The molecule has 1 rings (SSSR count). The van der Waals surface area contributed by atoms with Gasteiger partial charge in [0.05, 0.1) is 17.6 Å². The third-order valence-corrected chi connectivity index (χ3v) is 3.43. The van der Waals surface area contributed by atoms with Gasteiger partial charge in [-0.05, 0) is 19.8 Å². The Labute approximate surface area is 101 Å². The van der Waals surface area contributed by atoms with Crippen molar-refractivity contribution in [1.29, 1.82) is 0 Å². The van der Waals surface area contributed by atoms with Crippen LogP contribution in [0.4, 0.5) is 0 Å². The van der Waals surface area contributed by atoms with Gasteiger partial charge in [0, 0.05) is 18.0 Å². The molecule has 0 N–H and O–H groups in total. The summed E-state index contributed by atoms with van der Waals surface area (Å²) >= 11 is 1.57. The highest BCUT2D eigenvalue weighted by Gasteiger charge is 2.14. The molecule has 0 atom stereocenters. The zero-order valence-electron chi connectivity index (χ0n) is 10.3. The van der Waals surface area contributed by atoms with Crippen molar-refractivity contribution in [2.45, 2.75) is 40.0 Å². The third kappa shape index (κ3) is 3.59. The fourth-order valence-electron chi connectivity index (χ4n) is 1.65. The maximum Gasteiger partial charge on any atom is 0.227 e. The molecule has 0 radical (unpaired) electrons.